The van der Waals surface area contributed by atoms with Gasteiger partial charge in [-0.2, -0.15) is 4.31 Å². The molecule has 3 rings (SSSR count). The number of hydrogen-bond acceptors (Lipinski definition) is 6. The van der Waals surface area contributed by atoms with Crippen LogP contribution in [0.15, 0.2) is 41.3 Å². The third-order valence-corrected chi connectivity index (χ3v) is 7.15. The highest BCUT2D eigenvalue weighted by molar-refractivity contribution is 7.89. The molecule has 0 radical (unpaired) electrons. The van der Waals surface area contributed by atoms with E-state index in [0.29, 0.717) is 33.5 Å². The fraction of sp³-hybridized carbons (Fsp3) is 0.368. The quantitative estimate of drug-likeness (QED) is 0.678. The Labute approximate surface area is 179 Å². The molecule has 158 valence electrons. The van der Waals surface area contributed by atoms with Crippen LogP contribution in [0.2, 0.25) is 10.0 Å². The fourth-order valence-corrected chi connectivity index (χ4v) is 5.00. The summed E-state index contributed by atoms with van der Waals surface area (Å²) in [5, 5.41) is 9.93. The van der Waals surface area contributed by atoms with E-state index in [-0.39, 0.29) is 18.0 Å². The summed E-state index contributed by atoms with van der Waals surface area (Å²) in [5.74, 6) is 0.718. The van der Waals surface area contributed by atoms with Crippen LogP contribution in [0.4, 0.5) is 0 Å². The van der Waals surface area contributed by atoms with Gasteiger partial charge < -0.3 is 19.3 Å². The Bertz CT molecular complexity index is 985. The van der Waals surface area contributed by atoms with Crippen molar-refractivity contribution in [2.45, 2.75) is 23.6 Å². The third-order valence-electron chi connectivity index (χ3n) is 4.61. The number of aliphatic hydroxyl groups is 1. The van der Waals surface area contributed by atoms with Gasteiger partial charge in [-0.15, -0.1) is 0 Å². The standard InChI is InChI=1S/C19H21Cl2NO6S/c1-26-17-6-4-14(10-18(17)27-2)29(24,25)22-11-13(7-8-23)28-19(22)12-3-5-15(20)16(21)9-12/h3-6,9-10,13,19,23H,7-8,11H2,1-2H3. The maximum absolute atomic E-state index is 13.4. The van der Waals surface area contributed by atoms with Gasteiger partial charge in [-0.3, -0.25) is 0 Å². The molecule has 0 aliphatic carbocycles. The Balaban J connectivity index is 2.03. The Morgan fingerprint density at radius 3 is 2.45 bits per heavy atom. The second-order valence-corrected chi connectivity index (χ2v) is 9.09. The largest absolute Gasteiger partial charge is 0.493 e. The summed E-state index contributed by atoms with van der Waals surface area (Å²) < 4.78 is 44.4. The smallest absolute Gasteiger partial charge is 0.245 e. The fourth-order valence-electron chi connectivity index (χ4n) is 3.14. The maximum Gasteiger partial charge on any atom is 0.245 e. The highest BCUT2D eigenvalue weighted by Crippen LogP contribution is 2.39. The molecular weight excluding hydrogens is 441 g/mol. The van der Waals surface area contributed by atoms with Crippen LogP contribution in [0.5, 0.6) is 11.5 Å². The first-order valence-electron chi connectivity index (χ1n) is 8.77. The minimum atomic E-state index is -3.95. The summed E-state index contributed by atoms with van der Waals surface area (Å²) in [7, 11) is -1.05. The molecular formula is C19H21Cl2NO6S. The van der Waals surface area contributed by atoms with Crippen LogP contribution in [-0.4, -0.2) is 51.3 Å². The minimum absolute atomic E-state index is 0.0356. The van der Waals surface area contributed by atoms with Crippen LogP contribution in [0, 0.1) is 0 Å². The Morgan fingerprint density at radius 2 is 1.83 bits per heavy atom. The van der Waals surface area contributed by atoms with E-state index in [4.69, 9.17) is 37.4 Å². The van der Waals surface area contributed by atoms with Gasteiger partial charge in [0.1, 0.15) is 0 Å². The van der Waals surface area contributed by atoms with Crippen molar-refractivity contribution in [2.24, 2.45) is 0 Å². The highest BCUT2D eigenvalue weighted by Gasteiger charge is 2.42. The molecule has 0 saturated carbocycles. The van der Waals surface area contributed by atoms with Crippen LogP contribution >= 0.6 is 23.2 Å². The summed E-state index contributed by atoms with van der Waals surface area (Å²) in [6, 6.07) is 9.21. The first-order chi connectivity index (χ1) is 13.8. The second-order valence-electron chi connectivity index (χ2n) is 6.39. The predicted octanol–water partition coefficient (Wildman–Crippen LogP) is 3.48. The van der Waals surface area contributed by atoms with Gasteiger partial charge >= 0.3 is 0 Å². The Morgan fingerprint density at radius 1 is 1.10 bits per heavy atom. The minimum Gasteiger partial charge on any atom is -0.493 e. The summed E-state index contributed by atoms with van der Waals surface area (Å²) >= 11 is 12.1. The predicted molar refractivity (Wildman–Crippen MR) is 109 cm³/mol. The molecule has 2 unspecified atom stereocenters. The van der Waals surface area contributed by atoms with Gasteiger partial charge in [0.05, 0.1) is 35.3 Å². The van der Waals surface area contributed by atoms with E-state index >= 15 is 0 Å². The topological polar surface area (TPSA) is 85.3 Å². The molecule has 7 nitrogen and oxygen atoms in total. The van der Waals surface area contributed by atoms with Crippen molar-refractivity contribution in [2.75, 3.05) is 27.4 Å². The van der Waals surface area contributed by atoms with Gasteiger partial charge in [0.15, 0.2) is 17.7 Å². The van der Waals surface area contributed by atoms with Crippen molar-refractivity contribution >= 4 is 33.2 Å². The number of nitrogens with zero attached hydrogens (tertiary/aromatic N) is 1. The number of aliphatic hydroxyl groups excluding tert-OH is 1. The van der Waals surface area contributed by atoms with Crippen molar-refractivity contribution in [3.63, 3.8) is 0 Å². The second kappa shape index (κ2) is 9.07. The van der Waals surface area contributed by atoms with Gasteiger partial charge in [0.2, 0.25) is 10.0 Å². The molecule has 1 heterocycles. The van der Waals surface area contributed by atoms with Crippen molar-refractivity contribution in [1.82, 2.24) is 4.31 Å². The number of rotatable bonds is 7. The molecule has 1 fully saturated rings. The van der Waals surface area contributed by atoms with Gasteiger partial charge in [-0.05, 0) is 36.2 Å². The zero-order valence-electron chi connectivity index (χ0n) is 15.8. The number of sulfonamides is 1. The van der Waals surface area contributed by atoms with E-state index in [9.17, 15) is 13.5 Å². The van der Waals surface area contributed by atoms with E-state index in [1.807, 2.05) is 0 Å². The highest BCUT2D eigenvalue weighted by atomic mass is 35.5. The maximum atomic E-state index is 13.4. The summed E-state index contributed by atoms with van der Waals surface area (Å²) in [6.07, 6.45) is -1.07. The van der Waals surface area contributed by atoms with E-state index in [1.54, 1.807) is 18.2 Å². The average molecular weight is 462 g/mol. The van der Waals surface area contributed by atoms with Crippen LogP contribution in [0.3, 0.4) is 0 Å². The normalized spacial score (nSPS) is 20.0. The molecule has 1 aliphatic heterocycles. The van der Waals surface area contributed by atoms with E-state index in [0.717, 1.165) is 0 Å². The monoisotopic (exact) mass is 461 g/mol. The van der Waals surface area contributed by atoms with Gasteiger partial charge in [0, 0.05) is 19.2 Å². The molecule has 2 aromatic carbocycles. The lowest BCUT2D eigenvalue weighted by atomic mass is 10.2. The van der Waals surface area contributed by atoms with Crippen molar-refractivity contribution in [3.05, 3.63) is 52.0 Å². The van der Waals surface area contributed by atoms with Crippen molar-refractivity contribution in [1.29, 1.82) is 0 Å². The summed E-state index contributed by atoms with van der Waals surface area (Å²) in [5.41, 5.74) is 0.545. The zero-order valence-corrected chi connectivity index (χ0v) is 18.2. The van der Waals surface area contributed by atoms with E-state index in [1.165, 1.54) is 36.7 Å². The van der Waals surface area contributed by atoms with E-state index in [2.05, 4.69) is 0 Å². The Kier molecular flexibility index (Phi) is 6.93. The van der Waals surface area contributed by atoms with Crippen LogP contribution in [0.25, 0.3) is 0 Å². The number of halogens is 2. The van der Waals surface area contributed by atoms with Crippen LogP contribution in [-0.2, 0) is 14.8 Å². The molecule has 2 atom stereocenters. The zero-order chi connectivity index (χ0) is 21.2. The van der Waals surface area contributed by atoms with Crippen molar-refractivity contribution < 1.29 is 27.7 Å². The molecule has 1 aliphatic rings. The molecule has 0 amide bonds. The van der Waals surface area contributed by atoms with Gasteiger partial charge in [-0.25, -0.2) is 8.42 Å². The number of methoxy groups -OCH3 is 2. The first kappa shape index (κ1) is 22.1. The van der Waals surface area contributed by atoms with Crippen LogP contribution in [0.1, 0.15) is 18.2 Å². The lowest BCUT2D eigenvalue weighted by Gasteiger charge is -2.23. The van der Waals surface area contributed by atoms with Gasteiger partial charge in [0.25, 0.3) is 0 Å². The number of hydrogen-bond donors (Lipinski definition) is 1. The molecule has 0 spiro atoms. The molecule has 10 heteroatoms. The number of ether oxygens (including phenoxy) is 3. The number of benzene rings is 2. The lowest BCUT2D eigenvalue weighted by molar-refractivity contribution is 0.0111. The molecule has 0 aromatic heterocycles. The molecule has 2 aromatic rings. The first-order valence-corrected chi connectivity index (χ1v) is 11.0. The molecule has 1 N–H and O–H groups in total. The van der Waals surface area contributed by atoms with E-state index < -0.39 is 22.4 Å². The Hall–Kier alpha value is -1.55. The van der Waals surface area contributed by atoms with Gasteiger partial charge in [-0.1, -0.05) is 29.3 Å². The lowest BCUT2D eigenvalue weighted by Crippen LogP contribution is -2.32. The molecule has 0 bridgehead atoms. The van der Waals surface area contributed by atoms with Crippen LogP contribution < -0.4 is 9.47 Å². The average Bonchev–Trinajstić information content (AvgIpc) is 3.14. The SMILES string of the molecule is COc1ccc(S(=O)(=O)N2CC(CCO)OC2c2ccc(Cl)c(Cl)c2)cc1OC. The summed E-state index contributed by atoms with van der Waals surface area (Å²) in [4.78, 5) is 0.0356. The molecule has 1 saturated heterocycles. The molecule has 29 heavy (non-hydrogen) atoms. The summed E-state index contributed by atoms with van der Waals surface area (Å²) in [6.45, 7) is -0.0366. The third kappa shape index (κ3) is 4.47. The van der Waals surface area contributed by atoms with Crippen molar-refractivity contribution in [3.8, 4) is 11.5 Å².